The molecule has 0 spiro atoms. The SMILES string of the molecule is CC(C)N1CCOC(CN2CCCC(Cl)C2)C1. The lowest BCUT2D eigenvalue weighted by molar-refractivity contribution is -0.0535. The molecular weight excluding hydrogens is 236 g/mol. The van der Waals surface area contributed by atoms with Crippen molar-refractivity contribution >= 4 is 11.6 Å². The van der Waals surface area contributed by atoms with Gasteiger partial charge in [0.05, 0.1) is 12.7 Å². The molecule has 100 valence electrons. The fraction of sp³-hybridized carbons (Fsp3) is 1.00. The van der Waals surface area contributed by atoms with E-state index in [2.05, 4.69) is 23.6 Å². The summed E-state index contributed by atoms with van der Waals surface area (Å²) in [6, 6.07) is 0.628. The highest BCUT2D eigenvalue weighted by Gasteiger charge is 2.26. The van der Waals surface area contributed by atoms with Gasteiger partial charge >= 0.3 is 0 Å². The number of morpholine rings is 1. The molecule has 2 aliphatic heterocycles. The zero-order valence-electron chi connectivity index (χ0n) is 11.1. The van der Waals surface area contributed by atoms with Gasteiger partial charge in [-0.1, -0.05) is 0 Å². The van der Waals surface area contributed by atoms with Crippen LogP contribution in [-0.4, -0.2) is 66.7 Å². The first-order valence-corrected chi connectivity index (χ1v) is 7.31. The van der Waals surface area contributed by atoms with Gasteiger partial charge in [-0.15, -0.1) is 11.6 Å². The maximum atomic E-state index is 6.22. The van der Waals surface area contributed by atoms with E-state index >= 15 is 0 Å². The van der Waals surface area contributed by atoms with E-state index in [9.17, 15) is 0 Å². The Labute approximate surface area is 110 Å². The van der Waals surface area contributed by atoms with Crippen molar-refractivity contribution in [2.45, 2.75) is 44.2 Å². The minimum Gasteiger partial charge on any atom is -0.374 e. The Morgan fingerprint density at radius 3 is 2.82 bits per heavy atom. The smallest absolute Gasteiger partial charge is 0.0829 e. The van der Waals surface area contributed by atoms with Crippen molar-refractivity contribution in [1.82, 2.24) is 9.80 Å². The number of hydrogen-bond donors (Lipinski definition) is 0. The Hall–Kier alpha value is 0.170. The molecule has 17 heavy (non-hydrogen) atoms. The summed E-state index contributed by atoms with van der Waals surface area (Å²) in [6.07, 6.45) is 2.77. The van der Waals surface area contributed by atoms with Crippen LogP contribution < -0.4 is 0 Å². The molecule has 0 radical (unpaired) electrons. The molecule has 0 aliphatic carbocycles. The van der Waals surface area contributed by atoms with E-state index in [-0.39, 0.29) is 0 Å². The van der Waals surface area contributed by atoms with Crippen LogP contribution in [0.1, 0.15) is 26.7 Å². The lowest BCUT2D eigenvalue weighted by atomic mass is 10.1. The summed E-state index contributed by atoms with van der Waals surface area (Å²) in [5, 5.41) is 0.341. The maximum absolute atomic E-state index is 6.22. The van der Waals surface area contributed by atoms with Gasteiger partial charge in [0.25, 0.3) is 0 Å². The van der Waals surface area contributed by atoms with Crippen LogP contribution in [0.2, 0.25) is 0 Å². The molecule has 0 aromatic carbocycles. The predicted molar refractivity (Wildman–Crippen MR) is 71.8 cm³/mol. The first-order valence-electron chi connectivity index (χ1n) is 6.87. The molecule has 0 bridgehead atoms. The van der Waals surface area contributed by atoms with Crippen LogP contribution in [0.4, 0.5) is 0 Å². The van der Waals surface area contributed by atoms with Crippen molar-refractivity contribution in [3.63, 3.8) is 0 Å². The van der Waals surface area contributed by atoms with E-state index in [1.807, 2.05) is 0 Å². The fourth-order valence-corrected chi connectivity index (χ4v) is 3.12. The first kappa shape index (κ1) is 13.6. The quantitative estimate of drug-likeness (QED) is 0.720. The van der Waals surface area contributed by atoms with Gasteiger partial charge in [-0.2, -0.15) is 0 Å². The summed E-state index contributed by atoms with van der Waals surface area (Å²) in [6.45, 7) is 10.8. The van der Waals surface area contributed by atoms with Crippen LogP contribution in [0.5, 0.6) is 0 Å². The fourth-order valence-electron chi connectivity index (χ4n) is 2.77. The van der Waals surface area contributed by atoms with E-state index in [1.54, 1.807) is 0 Å². The molecule has 0 aromatic heterocycles. The average molecular weight is 261 g/mol. The van der Waals surface area contributed by atoms with Crippen molar-refractivity contribution in [2.75, 3.05) is 39.3 Å². The van der Waals surface area contributed by atoms with E-state index in [0.717, 1.165) is 32.8 Å². The Morgan fingerprint density at radius 1 is 1.29 bits per heavy atom. The van der Waals surface area contributed by atoms with Gasteiger partial charge in [-0.25, -0.2) is 0 Å². The van der Waals surface area contributed by atoms with Gasteiger partial charge < -0.3 is 4.74 Å². The van der Waals surface area contributed by atoms with Gasteiger partial charge in [0.2, 0.25) is 0 Å². The van der Waals surface area contributed by atoms with Gasteiger partial charge in [0.15, 0.2) is 0 Å². The first-order chi connectivity index (χ1) is 8.15. The monoisotopic (exact) mass is 260 g/mol. The zero-order valence-corrected chi connectivity index (χ0v) is 11.8. The Balaban J connectivity index is 1.78. The second-order valence-corrected chi connectivity index (χ2v) is 6.20. The van der Waals surface area contributed by atoms with Crippen LogP contribution in [0.3, 0.4) is 0 Å². The predicted octanol–water partition coefficient (Wildman–Crippen LogP) is 1.80. The topological polar surface area (TPSA) is 15.7 Å². The largest absolute Gasteiger partial charge is 0.374 e. The molecule has 2 rings (SSSR count). The third-order valence-corrected chi connectivity index (χ3v) is 4.17. The van der Waals surface area contributed by atoms with E-state index in [1.165, 1.54) is 19.4 Å². The van der Waals surface area contributed by atoms with Gasteiger partial charge in [-0.3, -0.25) is 9.80 Å². The van der Waals surface area contributed by atoms with Crippen LogP contribution in [0.25, 0.3) is 0 Å². The number of likely N-dealkylation sites (tertiary alicyclic amines) is 1. The number of nitrogens with zero attached hydrogens (tertiary/aromatic N) is 2. The van der Waals surface area contributed by atoms with Crippen LogP contribution in [0.15, 0.2) is 0 Å². The molecular formula is C13H25ClN2O. The van der Waals surface area contributed by atoms with Gasteiger partial charge in [0.1, 0.15) is 0 Å². The highest BCUT2D eigenvalue weighted by atomic mass is 35.5. The molecule has 2 aliphatic rings. The molecule has 4 heteroatoms. The van der Waals surface area contributed by atoms with Crippen molar-refractivity contribution in [1.29, 1.82) is 0 Å². The third kappa shape index (κ3) is 4.09. The summed E-state index contributed by atoms with van der Waals surface area (Å²) in [5.74, 6) is 0. The molecule has 0 saturated carbocycles. The van der Waals surface area contributed by atoms with Crippen LogP contribution >= 0.6 is 11.6 Å². The minimum absolute atomic E-state index is 0.341. The number of piperidine rings is 1. The van der Waals surface area contributed by atoms with Crippen molar-refractivity contribution in [3.8, 4) is 0 Å². The van der Waals surface area contributed by atoms with E-state index in [0.29, 0.717) is 17.5 Å². The summed E-state index contributed by atoms with van der Waals surface area (Å²) >= 11 is 6.22. The molecule has 0 aromatic rings. The highest BCUT2D eigenvalue weighted by molar-refractivity contribution is 6.20. The molecule has 2 saturated heterocycles. The molecule has 2 heterocycles. The summed E-state index contributed by atoms with van der Waals surface area (Å²) in [7, 11) is 0. The molecule has 0 amide bonds. The Morgan fingerprint density at radius 2 is 2.12 bits per heavy atom. The Bertz CT molecular complexity index is 237. The summed E-state index contributed by atoms with van der Waals surface area (Å²) < 4.78 is 5.87. The Kier molecular flexibility index (Phi) is 5.10. The van der Waals surface area contributed by atoms with Gasteiger partial charge in [-0.05, 0) is 33.2 Å². The number of rotatable bonds is 3. The van der Waals surface area contributed by atoms with Crippen LogP contribution in [0, 0.1) is 0 Å². The zero-order chi connectivity index (χ0) is 12.3. The molecule has 0 N–H and O–H groups in total. The van der Waals surface area contributed by atoms with Crippen molar-refractivity contribution < 1.29 is 4.74 Å². The second kappa shape index (κ2) is 6.37. The molecule has 3 nitrogen and oxygen atoms in total. The number of halogens is 1. The third-order valence-electron chi connectivity index (χ3n) is 3.81. The molecule has 2 unspecified atom stereocenters. The number of alkyl halides is 1. The van der Waals surface area contributed by atoms with E-state index in [4.69, 9.17) is 16.3 Å². The standard InChI is InChI=1S/C13H25ClN2O/c1-11(2)16-6-7-17-13(10-16)9-15-5-3-4-12(14)8-15/h11-13H,3-10H2,1-2H3. The van der Waals surface area contributed by atoms with Crippen molar-refractivity contribution in [2.24, 2.45) is 0 Å². The summed E-state index contributed by atoms with van der Waals surface area (Å²) in [5.41, 5.74) is 0. The summed E-state index contributed by atoms with van der Waals surface area (Å²) in [4.78, 5) is 4.98. The lowest BCUT2D eigenvalue weighted by Gasteiger charge is -2.39. The highest BCUT2D eigenvalue weighted by Crippen LogP contribution is 2.17. The minimum atomic E-state index is 0.341. The molecule has 2 fully saturated rings. The van der Waals surface area contributed by atoms with Gasteiger partial charge in [0, 0.05) is 37.6 Å². The van der Waals surface area contributed by atoms with E-state index < -0.39 is 0 Å². The maximum Gasteiger partial charge on any atom is 0.0829 e. The van der Waals surface area contributed by atoms with Crippen molar-refractivity contribution in [3.05, 3.63) is 0 Å². The number of ether oxygens (including phenoxy) is 1. The number of hydrogen-bond acceptors (Lipinski definition) is 3. The molecule has 2 atom stereocenters. The second-order valence-electron chi connectivity index (χ2n) is 5.58. The van der Waals surface area contributed by atoms with Crippen LogP contribution in [-0.2, 0) is 4.74 Å². The lowest BCUT2D eigenvalue weighted by Crippen LogP contribution is -2.51. The average Bonchev–Trinajstić information content (AvgIpc) is 2.29. The normalized spacial score (nSPS) is 33.2.